The molecule has 1 aliphatic rings. The van der Waals surface area contributed by atoms with Gasteiger partial charge in [0.25, 0.3) is 5.56 Å². The van der Waals surface area contributed by atoms with Gasteiger partial charge in [-0.25, -0.2) is 4.79 Å². The first-order valence-corrected chi connectivity index (χ1v) is 8.25. The minimum atomic E-state index is -0.461. The predicted molar refractivity (Wildman–Crippen MR) is 92.5 cm³/mol. The van der Waals surface area contributed by atoms with Gasteiger partial charge in [0.2, 0.25) is 0 Å². The van der Waals surface area contributed by atoms with E-state index in [-0.39, 0.29) is 17.1 Å². The summed E-state index contributed by atoms with van der Waals surface area (Å²) < 4.78 is 1.13. The van der Waals surface area contributed by atoms with E-state index in [1.165, 1.54) is 11.1 Å². The molecule has 1 aromatic heterocycles. The highest BCUT2D eigenvalue weighted by Gasteiger charge is 2.22. The van der Waals surface area contributed by atoms with Crippen LogP contribution in [0.5, 0.6) is 0 Å². The van der Waals surface area contributed by atoms with E-state index >= 15 is 0 Å². The smallest absolute Gasteiger partial charge is 0.330 e. The van der Waals surface area contributed by atoms with Crippen LogP contribution in [-0.2, 0) is 6.42 Å². The van der Waals surface area contributed by atoms with E-state index < -0.39 is 11.2 Å². The first-order valence-electron chi connectivity index (χ1n) is 7.87. The number of halogens is 1. The second kappa shape index (κ2) is 6.24. The molecule has 2 aromatic rings. The van der Waals surface area contributed by atoms with Crippen LogP contribution in [0, 0.1) is 0 Å². The Morgan fingerprint density at radius 2 is 2.04 bits per heavy atom. The van der Waals surface area contributed by atoms with Crippen LogP contribution in [0.2, 0.25) is 5.02 Å². The SMILES string of the molecule is CC(C)n1c(=O)[nH]c(NC2CCCc3ccccc32)c(Cl)c1=O. The van der Waals surface area contributed by atoms with Crippen molar-refractivity contribution in [3.63, 3.8) is 0 Å². The van der Waals surface area contributed by atoms with E-state index in [2.05, 4.69) is 22.4 Å². The highest BCUT2D eigenvalue weighted by Crippen LogP contribution is 2.32. The van der Waals surface area contributed by atoms with Gasteiger partial charge >= 0.3 is 5.69 Å². The van der Waals surface area contributed by atoms with Crippen molar-refractivity contribution in [1.82, 2.24) is 9.55 Å². The Morgan fingerprint density at radius 3 is 2.78 bits per heavy atom. The third-order valence-corrected chi connectivity index (χ3v) is 4.63. The van der Waals surface area contributed by atoms with Gasteiger partial charge in [0.1, 0.15) is 10.8 Å². The Hall–Kier alpha value is -2.01. The molecule has 0 aliphatic heterocycles. The molecule has 0 radical (unpaired) electrons. The Bertz CT molecular complexity index is 838. The summed E-state index contributed by atoms with van der Waals surface area (Å²) in [6.45, 7) is 3.55. The summed E-state index contributed by atoms with van der Waals surface area (Å²) in [7, 11) is 0. The number of aryl methyl sites for hydroxylation is 1. The fourth-order valence-corrected chi connectivity index (χ4v) is 3.37. The number of nitrogens with one attached hydrogen (secondary N) is 2. The first-order chi connectivity index (χ1) is 11.0. The lowest BCUT2D eigenvalue weighted by Gasteiger charge is -2.27. The topological polar surface area (TPSA) is 66.9 Å². The Kier molecular flexibility index (Phi) is 4.31. The van der Waals surface area contributed by atoms with E-state index in [9.17, 15) is 9.59 Å². The molecule has 1 aliphatic carbocycles. The van der Waals surface area contributed by atoms with Crippen LogP contribution in [0.25, 0.3) is 0 Å². The fourth-order valence-electron chi connectivity index (χ4n) is 3.17. The number of anilines is 1. The Balaban J connectivity index is 1.99. The van der Waals surface area contributed by atoms with Crippen molar-refractivity contribution >= 4 is 17.4 Å². The van der Waals surface area contributed by atoms with Gasteiger partial charge in [0, 0.05) is 6.04 Å². The van der Waals surface area contributed by atoms with Crippen LogP contribution in [0.1, 0.15) is 49.9 Å². The van der Waals surface area contributed by atoms with E-state index in [0.29, 0.717) is 5.82 Å². The predicted octanol–water partition coefficient (Wildman–Crippen LogP) is 3.26. The number of fused-ring (bicyclic) bond motifs is 1. The van der Waals surface area contributed by atoms with Crippen molar-refractivity contribution in [3.05, 3.63) is 61.3 Å². The van der Waals surface area contributed by atoms with Crippen LogP contribution in [0.3, 0.4) is 0 Å². The highest BCUT2D eigenvalue weighted by molar-refractivity contribution is 6.32. The van der Waals surface area contributed by atoms with Gasteiger partial charge in [-0.05, 0) is 44.2 Å². The lowest BCUT2D eigenvalue weighted by atomic mass is 9.88. The molecule has 1 atom stereocenters. The molecule has 0 saturated carbocycles. The zero-order valence-electron chi connectivity index (χ0n) is 13.2. The average Bonchev–Trinajstić information content (AvgIpc) is 2.52. The Morgan fingerprint density at radius 1 is 1.30 bits per heavy atom. The summed E-state index contributed by atoms with van der Waals surface area (Å²) in [5, 5.41) is 3.28. The molecule has 2 N–H and O–H groups in total. The number of hydrogen-bond acceptors (Lipinski definition) is 3. The molecule has 0 bridgehead atoms. The zero-order valence-corrected chi connectivity index (χ0v) is 14.0. The minimum absolute atomic E-state index is 0.0290. The minimum Gasteiger partial charge on any atom is -0.363 e. The lowest BCUT2D eigenvalue weighted by Crippen LogP contribution is -2.37. The molecule has 5 nitrogen and oxygen atoms in total. The summed E-state index contributed by atoms with van der Waals surface area (Å²) in [6, 6.07) is 8.02. The summed E-state index contributed by atoms with van der Waals surface area (Å²) >= 11 is 6.19. The number of rotatable bonds is 3. The highest BCUT2D eigenvalue weighted by atomic mass is 35.5. The van der Waals surface area contributed by atoms with Gasteiger partial charge in [-0.3, -0.25) is 14.3 Å². The monoisotopic (exact) mass is 333 g/mol. The summed E-state index contributed by atoms with van der Waals surface area (Å²) in [6.07, 6.45) is 3.04. The second-order valence-corrected chi connectivity index (χ2v) is 6.55. The number of aromatic nitrogens is 2. The number of benzene rings is 1. The van der Waals surface area contributed by atoms with Crippen LogP contribution in [0.4, 0.5) is 5.82 Å². The molecular formula is C17H20ClN3O2. The van der Waals surface area contributed by atoms with Gasteiger partial charge in [0.15, 0.2) is 0 Å². The summed E-state index contributed by atoms with van der Waals surface area (Å²) in [5.41, 5.74) is 1.59. The number of nitrogens with zero attached hydrogens (tertiary/aromatic N) is 1. The molecule has 0 amide bonds. The van der Waals surface area contributed by atoms with Crippen molar-refractivity contribution in [2.75, 3.05) is 5.32 Å². The second-order valence-electron chi connectivity index (χ2n) is 6.18. The van der Waals surface area contributed by atoms with E-state index in [1.807, 2.05) is 12.1 Å². The fraction of sp³-hybridized carbons (Fsp3) is 0.412. The zero-order chi connectivity index (χ0) is 16.6. The van der Waals surface area contributed by atoms with E-state index in [0.717, 1.165) is 23.8 Å². The Labute approximate surface area is 139 Å². The maximum Gasteiger partial charge on any atom is 0.330 e. The molecule has 3 rings (SSSR count). The maximum atomic E-state index is 12.3. The molecule has 0 saturated heterocycles. The number of hydrogen-bond donors (Lipinski definition) is 2. The number of H-pyrrole nitrogens is 1. The summed E-state index contributed by atoms with van der Waals surface area (Å²) in [5.74, 6) is 0.306. The van der Waals surface area contributed by atoms with Crippen molar-refractivity contribution in [2.24, 2.45) is 0 Å². The molecule has 122 valence electrons. The van der Waals surface area contributed by atoms with Crippen molar-refractivity contribution < 1.29 is 0 Å². The van der Waals surface area contributed by atoms with Crippen molar-refractivity contribution in [1.29, 1.82) is 0 Å². The third kappa shape index (κ3) is 2.93. The quantitative estimate of drug-likeness (QED) is 0.906. The lowest BCUT2D eigenvalue weighted by molar-refractivity contribution is 0.544. The molecule has 0 fully saturated rings. The summed E-state index contributed by atoms with van der Waals surface area (Å²) in [4.78, 5) is 27.2. The van der Waals surface area contributed by atoms with Gasteiger partial charge < -0.3 is 5.32 Å². The largest absolute Gasteiger partial charge is 0.363 e. The molecule has 1 aromatic carbocycles. The van der Waals surface area contributed by atoms with Crippen LogP contribution >= 0.6 is 11.6 Å². The van der Waals surface area contributed by atoms with Crippen molar-refractivity contribution in [3.8, 4) is 0 Å². The molecule has 1 heterocycles. The van der Waals surface area contributed by atoms with E-state index in [4.69, 9.17) is 11.6 Å². The third-order valence-electron chi connectivity index (χ3n) is 4.28. The van der Waals surface area contributed by atoms with Crippen LogP contribution in [-0.4, -0.2) is 9.55 Å². The van der Waals surface area contributed by atoms with Gasteiger partial charge in [0.05, 0.1) is 6.04 Å². The van der Waals surface area contributed by atoms with Crippen LogP contribution in [0.15, 0.2) is 33.9 Å². The molecular weight excluding hydrogens is 314 g/mol. The maximum absolute atomic E-state index is 12.3. The molecule has 1 unspecified atom stereocenters. The van der Waals surface area contributed by atoms with Gasteiger partial charge in [-0.1, -0.05) is 35.9 Å². The first kappa shape index (κ1) is 15.9. The van der Waals surface area contributed by atoms with Gasteiger partial charge in [-0.15, -0.1) is 0 Å². The molecule has 6 heteroatoms. The van der Waals surface area contributed by atoms with Crippen molar-refractivity contribution in [2.45, 2.75) is 45.2 Å². The molecule has 23 heavy (non-hydrogen) atoms. The van der Waals surface area contributed by atoms with Crippen LogP contribution < -0.4 is 16.6 Å². The normalized spacial score (nSPS) is 17.1. The van der Waals surface area contributed by atoms with E-state index in [1.54, 1.807) is 13.8 Å². The number of aromatic amines is 1. The van der Waals surface area contributed by atoms with Gasteiger partial charge in [-0.2, -0.15) is 0 Å². The molecule has 0 spiro atoms. The average molecular weight is 334 g/mol. The standard InChI is InChI=1S/C17H20ClN3O2/c1-10(2)21-16(22)14(18)15(20-17(21)23)19-13-9-5-7-11-6-3-4-8-12(11)13/h3-4,6,8,10,13,19H,5,7,9H2,1-2H3,(H,20,23).